The van der Waals surface area contributed by atoms with Gasteiger partial charge in [0.15, 0.2) is 0 Å². The van der Waals surface area contributed by atoms with Crippen molar-refractivity contribution in [2.45, 2.75) is 0 Å². The van der Waals surface area contributed by atoms with Crippen molar-refractivity contribution in [2.75, 3.05) is 10.1 Å². The maximum atomic E-state index is 5.44. The number of anilines is 2. The summed E-state index contributed by atoms with van der Waals surface area (Å²) in [5.41, 5.74) is 7.26. The molecule has 0 heterocycles. The number of nitrogens with one attached hydrogen (secondary N) is 1. The van der Waals surface area contributed by atoms with Gasteiger partial charge in [-0.3, -0.25) is 0 Å². The third-order valence-electron chi connectivity index (χ3n) is 1.03. The number of nitrogen functional groups attached to an aromatic ring is 1. The van der Waals surface area contributed by atoms with Crippen LogP contribution in [0.25, 0.3) is 0 Å². The van der Waals surface area contributed by atoms with E-state index in [2.05, 4.69) is 20.6 Å². The summed E-state index contributed by atoms with van der Waals surface area (Å²) in [4.78, 5) is 0. The molecule has 0 saturated heterocycles. The summed E-state index contributed by atoms with van der Waals surface area (Å²) in [6.45, 7) is 0. The Balaban J connectivity index is 2.88. The molecule has 0 atom stereocenters. The fraction of sp³-hybridized carbons (Fsp3) is 0. The zero-order valence-electron chi connectivity index (χ0n) is 4.79. The van der Waals surface area contributed by atoms with Crippen LogP contribution < -0.4 is 10.1 Å². The van der Waals surface area contributed by atoms with Gasteiger partial charge in [-0.2, -0.15) is 0 Å². The molecular weight excluding hydrogens is 179 g/mol. The monoisotopic (exact) mass is 187 g/mol. The minimum atomic E-state index is 0.786. The second-order valence-corrected chi connectivity index (χ2v) is 2.15. The zero-order valence-corrected chi connectivity index (χ0v) is 6.51. The molecule has 0 amide bonds. The van der Waals surface area contributed by atoms with Crippen LogP contribution >= 0.6 is 0 Å². The van der Waals surface area contributed by atoms with Gasteiger partial charge in [0.25, 0.3) is 0 Å². The molecule has 0 spiro atoms. The third kappa shape index (κ3) is 1.63. The second kappa shape index (κ2) is 2.76. The molecule has 0 bridgehead atoms. The van der Waals surface area contributed by atoms with Crippen LogP contribution in [0.3, 0.4) is 0 Å². The molecule has 1 aromatic carbocycles. The molecular formula is C6H7N2Se. The van der Waals surface area contributed by atoms with E-state index in [1.54, 1.807) is 0 Å². The van der Waals surface area contributed by atoms with E-state index in [9.17, 15) is 0 Å². The van der Waals surface area contributed by atoms with Gasteiger partial charge in [-0.15, -0.1) is 0 Å². The van der Waals surface area contributed by atoms with Crippen molar-refractivity contribution < 1.29 is 0 Å². The van der Waals surface area contributed by atoms with E-state index in [0.717, 1.165) is 11.4 Å². The maximum absolute atomic E-state index is 5.44. The molecule has 47 valence electrons. The predicted molar refractivity (Wildman–Crippen MR) is 40.2 cm³/mol. The van der Waals surface area contributed by atoms with Gasteiger partial charge in [0.2, 0.25) is 0 Å². The fourth-order valence-electron chi connectivity index (χ4n) is 0.551. The summed E-state index contributed by atoms with van der Waals surface area (Å²) < 4.78 is 2.87. The molecule has 0 fully saturated rings. The zero-order chi connectivity index (χ0) is 6.69. The molecule has 9 heavy (non-hydrogen) atoms. The average Bonchev–Trinajstić information content (AvgIpc) is 1.90. The second-order valence-electron chi connectivity index (χ2n) is 1.72. The summed E-state index contributed by atoms with van der Waals surface area (Å²) in [5.74, 6) is 0. The average molecular weight is 186 g/mol. The van der Waals surface area contributed by atoms with Crippen LogP contribution in [0.15, 0.2) is 24.3 Å². The van der Waals surface area contributed by atoms with Crippen molar-refractivity contribution in [1.82, 2.24) is 0 Å². The Morgan fingerprint density at radius 2 is 1.78 bits per heavy atom. The van der Waals surface area contributed by atoms with Crippen molar-refractivity contribution in [3.63, 3.8) is 0 Å². The van der Waals surface area contributed by atoms with Crippen molar-refractivity contribution in [2.24, 2.45) is 0 Å². The number of hydrogen-bond acceptors (Lipinski definition) is 2. The van der Waals surface area contributed by atoms with E-state index in [4.69, 9.17) is 5.73 Å². The Kier molecular flexibility index (Phi) is 1.98. The Morgan fingerprint density at radius 1 is 1.22 bits per heavy atom. The van der Waals surface area contributed by atoms with Crippen LogP contribution in [0, 0.1) is 0 Å². The van der Waals surface area contributed by atoms with E-state index in [1.807, 2.05) is 24.3 Å². The van der Waals surface area contributed by atoms with Crippen molar-refractivity contribution in [3.05, 3.63) is 24.3 Å². The Hall–Kier alpha value is -0.661. The number of nitrogens with two attached hydrogens (primary N) is 1. The van der Waals surface area contributed by atoms with Gasteiger partial charge in [-0.25, -0.2) is 0 Å². The number of rotatable bonds is 1. The van der Waals surface area contributed by atoms with Gasteiger partial charge in [-0.1, -0.05) is 0 Å². The van der Waals surface area contributed by atoms with E-state index >= 15 is 0 Å². The van der Waals surface area contributed by atoms with Crippen LogP contribution in [0.1, 0.15) is 0 Å². The van der Waals surface area contributed by atoms with Gasteiger partial charge < -0.3 is 0 Å². The fourth-order valence-corrected chi connectivity index (χ4v) is 0.837. The standard InChI is InChI=1S/C6H7N2Se/c7-5-1-3-6(8-9)4-2-5/h1-4,8H,7H2. The van der Waals surface area contributed by atoms with Crippen LogP contribution in [0.4, 0.5) is 11.4 Å². The molecule has 0 aromatic heterocycles. The third-order valence-corrected chi connectivity index (χ3v) is 1.52. The van der Waals surface area contributed by atoms with Crippen LogP contribution in [-0.2, 0) is 0 Å². The van der Waals surface area contributed by atoms with E-state index in [0.29, 0.717) is 0 Å². The van der Waals surface area contributed by atoms with E-state index in [-0.39, 0.29) is 0 Å². The predicted octanol–water partition coefficient (Wildman–Crippen LogP) is 0.764. The van der Waals surface area contributed by atoms with Crippen LogP contribution in [-0.4, -0.2) is 16.2 Å². The first-order valence-corrected chi connectivity index (χ1v) is 3.42. The molecule has 1 radical (unpaired) electrons. The normalized spacial score (nSPS) is 9.00. The molecule has 0 aliphatic heterocycles. The summed E-state index contributed by atoms with van der Waals surface area (Å²) in [5, 5.41) is 0. The molecule has 3 heteroatoms. The molecule has 0 aliphatic rings. The van der Waals surface area contributed by atoms with Gasteiger partial charge in [0, 0.05) is 0 Å². The number of benzene rings is 1. The van der Waals surface area contributed by atoms with Crippen LogP contribution in [0.5, 0.6) is 0 Å². The van der Waals surface area contributed by atoms with Crippen molar-refractivity contribution >= 4 is 27.6 Å². The van der Waals surface area contributed by atoms with Crippen molar-refractivity contribution in [3.8, 4) is 0 Å². The molecule has 3 N–H and O–H groups in total. The van der Waals surface area contributed by atoms with Gasteiger partial charge in [-0.05, 0) is 0 Å². The van der Waals surface area contributed by atoms with Gasteiger partial charge in [0.1, 0.15) is 0 Å². The SMILES string of the molecule is Nc1ccc(N[Se])cc1. The first-order chi connectivity index (χ1) is 4.33. The topological polar surface area (TPSA) is 38.0 Å². The molecule has 0 unspecified atom stereocenters. The molecule has 0 aliphatic carbocycles. The molecule has 0 saturated carbocycles. The summed E-state index contributed by atoms with van der Waals surface area (Å²) in [6, 6.07) is 7.51. The minimum absolute atomic E-state index is 0.786. The summed E-state index contributed by atoms with van der Waals surface area (Å²) in [7, 11) is 0. The summed E-state index contributed by atoms with van der Waals surface area (Å²) in [6.07, 6.45) is 0. The Labute approximate surface area is 62.5 Å². The first-order valence-electron chi connectivity index (χ1n) is 2.56. The Morgan fingerprint density at radius 3 is 2.22 bits per heavy atom. The first kappa shape index (κ1) is 6.46. The van der Waals surface area contributed by atoms with E-state index in [1.165, 1.54) is 0 Å². The summed E-state index contributed by atoms with van der Waals surface area (Å²) >= 11 is 2.69. The molecule has 2 nitrogen and oxygen atoms in total. The van der Waals surface area contributed by atoms with Gasteiger partial charge >= 0.3 is 61.9 Å². The Bertz CT molecular complexity index is 183. The van der Waals surface area contributed by atoms with Gasteiger partial charge in [0.05, 0.1) is 0 Å². The van der Waals surface area contributed by atoms with Crippen molar-refractivity contribution in [1.29, 1.82) is 0 Å². The van der Waals surface area contributed by atoms with Crippen LogP contribution in [0.2, 0.25) is 0 Å². The number of hydrogen-bond donors (Lipinski definition) is 2. The molecule has 1 rings (SSSR count). The van der Waals surface area contributed by atoms with E-state index < -0.39 is 0 Å². The quantitative estimate of drug-likeness (QED) is 0.502. The molecule has 1 aromatic rings.